The van der Waals surface area contributed by atoms with Crippen molar-refractivity contribution >= 4 is 5.91 Å². The molecule has 2 aromatic rings. The highest BCUT2D eigenvalue weighted by molar-refractivity contribution is 5.77. The van der Waals surface area contributed by atoms with Crippen molar-refractivity contribution in [3.63, 3.8) is 0 Å². The molecular weight excluding hydrogens is 394 g/mol. The highest BCUT2D eigenvalue weighted by Crippen LogP contribution is 2.33. The predicted octanol–water partition coefficient (Wildman–Crippen LogP) is 2.62. The first-order valence-electron chi connectivity index (χ1n) is 11.2. The molecule has 0 unspecified atom stereocenters. The Bertz CT molecular complexity index is 825. The third-order valence-electron chi connectivity index (χ3n) is 6.52. The van der Waals surface area contributed by atoms with Crippen LogP contribution in [-0.4, -0.2) is 79.9 Å². The molecule has 2 saturated heterocycles. The summed E-state index contributed by atoms with van der Waals surface area (Å²) < 4.78 is 19.0. The van der Waals surface area contributed by atoms with Crippen LogP contribution in [0.4, 0.5) is 0 Å². The maximum Gasteiger partial charge on any atom is 0.225 e. The van der Waals surface area contributed by atoms with Crippen LogP contribution in [0.2, 0.25) is 0 Å². The molecule has 1 aromatic carbocycles. The van der Waals surface area contributed by atoms with Gasteiger partial charge in [0.1, 0.15) is 6.61 Å². The molecule has 1 aromatic heterocycles. The average Bonchev–Trinajstić information content (AvgIpc) is 3.36. The number of amides is 1. The molecule has 3 heterocycles. The Morgan fingerprint density at radius 3 is 2.35 bits per heavy atom. The molecule has 0 bridgehead atoms. The zero-order valence-electron chi connectivity index (χ0n) is 18.4. The number of benzene rings is 1. The topological polar surface area (TPSA) is 56.2 Å². The SMILES string of the molecule is COc1ccccc1OCCN1CCN(C(=O)CC2(n3cccc3)CCOCC2)CC1. The lowest BCUT2D eigenvalue weighted by Crippen LogP contribution is -2.51. The molecule has 2 fully saturated rings. The second-order valence-electron chi connectivity index (χ2n) is 8.33. The average molecular weight is 428 g/mol. The molecule has 0 atom stereocenters. The minimum Gasteiger partial charge on any atom is -0.493 e. The van der Waals surface area contributed by atoms with Gasteiger partial charge in [-0.25, -0.2) is 0 Å². The van der Waals surface area contributed by atoms with Gasteiger partial charge in [0, 0.05) is 58.3 Å². The highest BCUT2D eigenvalue weighted by Gasteiger charge is 2.37. The molecule has 2 aliphatic heterocycles. The minimum absolute atomic E-state index is 0.154. The second-order valence-corrected chi connectivity index (χ2v) is 8.33. The van der Waals surface area contributed by atoms with Crippen molar-refractivity contribution in [2.45, 2.75) is 24.8 Å². The molecular formula is C24H33N3O4. The van der Waals surface area contributed by atoms with Crippen LogP contribution in [0.5, 0.6) is 11.5 Å². The van der Waals surface area contributed by atoms with Crippen molar-refractivity contribution in [2.24, 2.45) is 0 Å². The Hall–Kier alpha value is -2.51. The molecule has 0 radical (unpaired) electrons. The van der Waals surface area contributed by atoms with Crippen LogP contribution in [0.25, 0.3) is 0 Å². The van der Waals surface area contributed by atoms with Crippen molar-refractivity contribution in [1.82, 2.24) is 14.4 Å². The van der Waals surface area contributed by atoms with Gasteiger partial charge in [0.2, 0.25) is 5.91 Å². The molecule has 168 valence electrons. The summed E-state index contributed by atoms with van der Waals surface area (Å²) in [6.45, 7) is 6.16. The number of piperazine rings is 1. The summed E-state index contributed by atoms with van der Waals surface area (Å²) in [6.07, 6.45) is 6.47. The van der Waals surface area contributed by atoms with Crippen LogP contribution in [0.15, 0.2) is 48.8 Å². The molecule has 0 aliphatic carbocycles. The van der Waals surface area contributed by atoms with E-state index in [1.165, 1.54) is 0 Å². The molecule has 1 amide bonds. The molecule has 7 heteroatoms. The normalized spacial score (nSPS) is 19.2. The highest BCUT2D eigenvalue weighted by atomic mass is 16.5. The van der Waals surface area contributed by atoms with E-state index in [2.05, 4.69) is 21.9 Å². The lowest BCUT2D eigenvalue weighted by molar-refractivity contribution is -0.136. The van der Waals surface area contributed by atoms with Crippen molar-refractivity contribution in [2.75, 3.05) is 59.7 Å². The lowest BCUT2D eigenvalue weighted by Gasteiger charge is -2.41. The fourth-order valence-electron chi connectivity index (χ4n) is 4.57. The number of rotatable bonds is 8. The van der Waals surface area contributed by atoms with Gasteiger partial charge in [-0.1, -0.05) is 12.1 Å². The number of para-hydroxylation sites is 2. The minimum atomic E-state index is -0.154. The van der Waals surface area contributed by atoms with Crippen LogP contribution < -0.4 is 9.47 Å². The Balaban J connectivity index is 1.25. The number of carbonyl (C=O) groups excluding carboxylic acids is 1. The zero-order valence-corrected chi connectivity index (χ0v) is 18.4. The first-order valence-corrected chi connectivity index (χ1v) is 11.2. The van der Waals surface area contributed by atoms with Crippen molar-refractivity contribution in [3.8, 4) is 11.5 Å². The summed E-state index contributed by atoms with van der Waals surface area (Å²) in [7, 11) is 1.65. The zero-order chi connectivity index (χ0) is 21.5. The maximum atomic E-state index is 13.2. The molecule has 7 nitrogen and oxygen atoms in total. The molecule has 31 heavy (non-hydrogen) atoms. The first kappa shape index (κ1) is 21.7. The van der Waals surface area contributed by atoms with E-state index in [9.17, 15) is 4.79 Å². The van der Waals surface area contributed by atoms with Gasteiger partial charge in [0.05, 0.1) is 19.1 Å². The summed E-state index contributed by atoms with van der Waals surface area (Å²) in [5.74, 6) is 1.77. The van der Waals surface area contributed by atoms with Gasteiger partial charge in [-0.15, -0.1) is 0 Å². The Labute approximate surface area is 184 Å². The fourth-order valence-corrected chi connectivity index (χ4v) is 4.57. The quantitative estimate of drug-likeness (QED) is 0.648. The summed E-state index contributed by atoms with van der Waals surface area (Å²) in [6, 6.07) is 11.8. The third kappa shape index (κ3) is 5.22. The molecule has 0 spiro atoms. The van der Waals surface area contributed by atoms with Crippen molar-refractivity contribution < 1.29 is 19.0 Å². The number of nitrogens with zero attached hydrogens (tertiary/aromatic N) is 3. The van der Waals surface area contributed by atoms with Gasteiger partial charge in [-0.05, 0) is 37.1 Å². The van der Waals surface area contributed by atoms with Crippen LogP contribution in [-0.2, 0) is 15.1 Å². The largest absolute Gasteiger partial charge is 0.493 e. The number of ether oxygens (including phenoxy) is 3. The lowest BCUT2D eigenvalue weighted by atomic mass is 9.85. The summed E-state index contributed by atoms with van der Waals surface area (Å²) in [4.78, 5) is 17.5. The standard InChI is InChI=1S/C24H33N3O4/c1-29-21-6-2-3-7-22(21)31-19-16-25-12-14-26(15-13-25)23(28)20-24(8-17-30-18-9-24)27-10-4-5-11-27/h2-7,10-11H,8-9,12-20H2,1H3. The van der Waals surface area contributed by atoms with E-state index >= 15 is 0 Å². The van der Waals surface area contributed by atoms with E-state index in [0.717, 1.165) is 57.1 Å². The smallest absolute Gasteiger partial charge is 0.225 e. The number of carbonyl (C=O) groups is 1. The van der Waals surface area contributed by atoms with Crippen LogP contribution >= 0.6 is 0 Å². The van der Waals surface area contributed by atoms with Gasteiger partial charge < -0.3 is 23.7 Å². The van der Waals surface area contributed by atoms with Gasteiger partial charge in [0.25, 0.3) is 0 Å². The van der Waals surface area contributed by atoms with E-state index in [1.807, 2.05) is 41.3 Å². The molecule has 0 saturated carbocycles. The monoisotopic (exact) mass is 427 g/mol. The maximum absolute atomic E-state index is 13.2. The number of hydrogen-bond acceptors (Lipinski definition) is 5. The predicted molar refractivity (Wildman–Crippen MR) is 119 cm³/mol. The fraction of sp³-hybridized carbons (Fsp3) is 0.542. The number of hydrogen-bond donors (Lipinski definition) is 0. The van der Waals surface area contributed by atoms with E-state index in [0.29, 0.717) is 26.2 Å². The summed E-state index contributed by atoms with van der Waals surface area (Å²) in [5.41, 5.74) is -0.154. The van der Waals surface area contributed by atoms with E-state index in [-0.39, 0.29) is 11.4 Å². The Kier molecular flexibility index (Phi) is 7.14. The first-order chi connectivity index (χ1) is 15.2. The summed E-state index contributed by atoms with van der Waals surface area (Å²) in [5, 5.41) is 0. The van der Waals surface area contributed by atoms with Crippen LogP contribution in [0, 0.1) is 0 Å². The van der Waals surface area contributed by atoms with Gasteiger partial charge in [0.15, 0.2) is 11.5 Å². The molecule has 4 rings (SSSR count). The molecule has 0 N–H and O–H groups in total. The number of methoxy groups -OCH3 is 1. The Morgan fingerprint density at radius 1 is 1.00 bits per heavy atom. The second kappa shape index (κ2) is 10.2. The number of aromatic nitrogens is 1. The van der Waals surface area contributed by atoms with Crippen molar-refractivity contribution in [3.05, 3.63) is 48.8 Å². The third-order valence-corrected chi connectivity index (χ3v) is 6.52. The van der Waals surface area contributed by atoms with Gasteiger partial charge in [-0.2, -0.15) is 0 Å². The van der Waals surface area contributed by atoms with E-state index in [1.54, 1.807) is 7.11 Å². The Morgan fingerprint density at radius 2 is 1.68 bits per heavy atom. The van der Waals surface area contributed by atoms with Gasteiger partial charge in [-0.3, -0.25) is 9.69 Å². The van der Waals surface area contributed by atoms with Crippen molar-refractivity contribution in [1.29, 1.82) is 0 Å². The van der Waals surface area contributed by atoms with Crippen LogP contribution in [0.3, 0.4) is 0 Å². The van der Waals surface area contributed by atoms with Gasteiger partial charge >= 0.3 is 0 Å². The van der Waals surface area contributed by atoms with Crippen LogP contribution in [0.1, 0.15) is 19.3 Å². The van der Waals surface area contributed by atoms with E-state index in [4.69, 9.17) is 14.2 Å². The van der Waals surface area contributed by atoms with E-state index < -0.39 is 0 Å². The summed E-state index contributed by atoms with van der Waals surface area (Å²) >= 11 is 0. The molecule has 2 aliphatic rings.